The number of rotatable bonds is 6. The van der Waals surface area contributed by atoms with Gasteiger partial charge in [-0.2, -0.15) is 0 Å². The lowest BCUT2D eigenvalue weighted by atomic mass is 9.86. The molecule has 2 aliphatic rings. The van der Waals surface area contributed by atoms with E-state index in [4.69, 9.17) is 4.74 Å². The van der Waals surface area contributed by atoms with Crippen LogP contribution in [0.25, 0.3) is 11.1 Å². The number of ether oxygens (including phenoxy) is 1. The average Bonchev–Trinajstić information content (AvgIpc) is 2.85. The molecule has 1 aromatic carbocycles. The van der Waals surface area contributed by atoms with Crippen LogP contribution in [-0.2, 0) is 20.7 Å². The van der Waals surface area contributed by atoms with Crippen molar-refractivity contribution in [3.63, 3.8) is 0 Å². The molecule has 1 aliphatic heterocycles. The van der Waals surface area contributed by atoms with Crippen LogP contribution in [-0.4, -0.2) is 53.5 Å². The zero-order chi connectivity index (χ0) is 22.4. The second-order valence-corrected chi connectivity index (χ2v) is 8.91. The standard InChI is InChI=1S/C26H33N3O3/c1-2-28-25(31)26(17-20-10-12-21(13-11-20)23-9-6-14-27-18-23)19-29(15-16-32-26)24(30)22-7-4-3-5-8-22/h6,9-14,18,22H,2-5,7-8,15-17,19H2,1H3,(H,28,31)/t26-/m0/s1. The largest absolute Gasteiger partial charge is 0.361 e. The van der Waals surface area contributed by atoms with Gasteiger partial charge >= 0.3 is 0 Å². The fourth-order valence-corrected chi connectivity index (χ4v) is 4.90. The zero-order valence-corrected chi connectivity index (χ0v) is 18.9. The van der Waals surface area contributed by atoms with Gasteiger partial charge in [0, 0.05) is 37.8 Å². The van der Waals surface area contributed by atoms with E-state index in [1.165, 1.54) is 6.42 Å². The molecule has 2 fully saturated rings. The Hall–Kier alpha value is -2.73. The fourth-order valence-electron chi connectivity index (χ4n) is 4.90. The van der Waals surface area contributed by atoms with Gasteiger partial charge in [-0.05, 0) is 42.5 Å². The monoisotopic (exact) mass is 435 g/mol. The lowest BCUT2D eigenvalue weighted by Gasteiger charge is -2.43. The highest BCUT2D eigenvalue weighted by Gasteiger charge is 2.45. The number of benzene rings is 1. The summed E-state index contributed by atoms with van der Waals surface area (Å²) in [6.45, 7) is 3.67. The number of pyridine rings is 1. The fraction of sp³-hybridized carbons (Fsp3) is 0.500. The summed E-state index contributed by atoms with van der Waals surface area (Å²) < 4.78 is 6.15. The van der Waals surface area contributed by atoms with Crippen molar-refractivity contribution < 1.29 is 14.3 Å². The van der Waals surface area contributed by atoms with Crippen molar-refractivity contribution in [3.8, 4) is 11.1 Å². The summed E-state index contributed by atoms with van der Waals surface area (Å²) >= 11 is 0. The Bertz CT molecular complexity index is 910. The molecular formula is C26H33N3O3. The van der Waals surface area contributed by atoms with Crippen LogP contribution < -0.4 is 5.32 Å². The van der Waals surface area contributed by atoms with Crippen LogP contribution in [0.2, 0.25) is 0 Å². The number of hydrogen-bond donors (Lipinski definition) is 1. The number of likely N-dealkylation sites (N-methyl/N-ethyl adjacent to an activating group) is 1. The summed E-state index contributed by atoms with van der Waals surface area (Å²) in [7, 11) is 0. The van der Waals surface area contributed by atoms with E-state index < -0.39 is 5.60 Å². The van der Waals surface area contributed by atoms with E-state index in [0.717, 1.165) is 42.4 Å². The molecule has 0 spiro atoms. The minimum Gasteiger partial charge on any atom is -0.361 e. The van der Waals surface area contributed by atoms with E-state index in [-0.39, 0.29) is 17.7 Å². The predicted octanol–water partition coefficient (Wildman–Crippen LogP) is 3.61. The normalized spacial score (nSPS) is 21.8. The van der Waals surface area contributed by atoms with Gasteiger partial charge in [0.15, 0.2) is 5.60 Å². The van der Waals surface area contributed by atoms with Gasteiger partial charge in [-0.15, -0.1) is 0 Å². The van der Waals surface area contributed by atoms with E-state index in [2.05, 4.69) is 10.3 Å². The molecule has 0 bridgehead atoms. The lowest BCUT2D eigenvalue weighted by molar-refractivity contribution is -0.168. The Morgan fingerprint density at radius 3 is 2.59 bits per heavy atom. The molecule has 6 heteroatoms. The third kappa shape index (κ3) is 5.01. The van der Waals surface area contributed by atoms with Crippen molar-refractivity contribution >= 4 is 11.8 Å². The van der Waals surface area contributed by atoms with Crippen LogP contribution in [0.5, 0.6) is 0 Å². The average molecular weight is 436 g/mol. The van der Waals surface area contributed by atoms with Gasteiger partial charge in [0.2, 0.25) is 5.91 Å². The first-order valence-corrected chi connectivity index (χ1v) is 11.8. The number of carbonyl (C=O) groups is 2. The number of morpholine rings is 1. The Balaban J connectivity index is 1.53. The van der Waals surface area contributed by atoms with Gasteiger partial charge < -0.3 is 15.0 Å². The van der Waals surface area contributed by atoms with Crippen molar-refractivity contribution in [1.82, 2.24) is 15.2 Å². The maximum absolute atomic E-state index is 13.2. The van der Waals surface area contributed by atoms with Crippen LogP contribution in [0, 0.1) is 5.92 Å². The summed E-state index contributed by atoms with van der Waals surface area (Å²) in [5, 5.41) is 2.94. The third-order valence-electron chi connectivity index (χ3n) is 6.64. The van der Waals surface area contributed by atoms with Crippen LogP contribution in [0.4, 0.5) is 0 Å². The maximum atomic E-state index is 13.2. The second-order valence-electron chi connectivity index (χ2n) is 8.91. The molecule has 170 valence electrons. The third-order valence-corrected chi connectivity index (χ3v) is 6.64. The summed E-state index contributed by atoms with van der Waals surface area (Å²) in [5.41, 5.74) is 2.08. The Kier molecular flexibility index (Phi) is 7.20. The minimum atomic E-state index is -1.06. The minimum absolute atomic E-state index is 0.0903. The van der Waals surface area contributed by atoms with Gasteiger partial charge in [0.25, 0.3) is 5.91 Å². The Morgan fingerprint density at radius 1 is 1.12 bits per heavy atom. The molecule has 1 aliphatic carbocycles. The van der Waals surface area contributed by atoms with Crippen molar-refractivity contribution in [3.05, 3.63) is 54.4 Å². The number of hydrogen-bond acceptors (Lipinski definition) is 4. The van der Waals surface area contributed by atoms with Crippen LogP contribution >= 0.6 is 0 Å². The summed E-state index contributed by atoms with van der Waals surface area (Å²) in [4.78, 5) is 32.4. The highest BCUT2D eigenvalue weighted by molar-refractivity contribution is 5.87. The van der Waals surface area contributed by atoms with Gasteiger partial charge in [-0.25, -0.2) is 0 Å². The summed E-state index contributed by atoms with van der Waals surface area (Å²) in [6.07, 6.45) is 9.39. The SMILES string of the molecule is CCNC(=O)[C@]1(Cc2ccc(-c3cccnc3)cc2)CN(C(=O)C2CCCCC2)CCO1. The molecule has 6 nitrogen and oxygen atoms in total. The molecule has 1 saturated carbocycles. The molecule has 2 amide bonds. The molecule has 2 heterocycles. The summed E-state index contributed by atoms with van der Waals surface area (Å²) in [6, 6.07) is 12.1. The van der Waals surface area contributed by atoms with Crippen molar-refractivity contribution in [2.45, 2.75) is 51.0 Å². The van der Waals surface area contributed by atoms with Crippen molar-refractivity contribution in [2.24, 2.45) is 5.92 Å². The number of nitrogens with one attached hydrogen (secondary N) is 1. The smallest absolute Gasteiger partial charge is 0.254 e. The molecule has 1 aromatic heterocycles. The lowest BCUT2D eigenvalue weighted by Crippen LogP contribution is -2.62. The van der Waals surface area contributed by atoms with Gasteiger partial charge in [0.05, 0.1) is 13.2 Å². The van der Waals surface area contributed by atoms with E-state index in [1.807, 2.05) is 54.4 Å². The highest BCUT2D eigenvalue weighted by Crippen LogP contribution is 2.30. The molecular weight excluding hydrogens is 402 g/mol. The van der Waals surface area contributed by atoms with Gasteiger partial charge in [-0.1, -0.05) is 49.6 Å². The molecule has 2 aromatic rings. The van der Waals surface area contributed by atoms with E-state index in [9.17, 15) is 9.59 Å². The first-order chi connectivity index (χ1) is 15.6. The topological polar surface area (TPSA) is 71.5 Å². The molecule has 32 heavy (non-hydrogen) atoms. The molecule has 1 saturated heterocycles. The van der Waals surface area contributed by atoms with Crippen LogP contribution in [0.1, 0.15) is 44.6 Å². The number of aromatic nitrogens is 1. The van der Waals surface area contributed by atoms with Crippen LogP contribution in [0.3, 0.4) is 0 Å². The van der Waals surface area contributed by atoms with Crippen LogP contribution in [0.15, 0.2) is 48.8 Å². The van der Waals surface area contributed by atoms with E-state index in [1.54, 1.807) is 6.20 Å². The number of carbonyl (C=O) groups excluding carboxylic acids is 2. The molecule has 1 atom stereocenters. The molecule has 0 radical (unpaired) electrons. The summed E-state index contributed by atoms with van der Waals surface area (Å²) in [5.74, 6) is 0.138. The zero-order valence-electron chi connectivity index (χ0n) is 18.9. The Morgan fingerprint density at radius 2 is 1.91 bits per heavy atom. The first-order valence-electron chi connectivity index (χ1n) is 11.8. The second kappa shape index (κ2) is 10.3. The van der Waals surface area contributed by atoms with Gasteiger partial charge in [-0.3, -0.25) is 14.6 Å². The first kappa shape index (κ1) is 22.5. The molecule has 0 unspecified atom stereocenters. The van der Waals surface area contributed by atoms with Crippen molar-refractivity contribution in [2.75, 3.05) is 26.2 Å². The molecule has 1 N–H and O–H groups in total. The van der Waals surface area contributed by atoms with E-state index in [0.29, 0.717) is 32.7 Å². The van der Waals surface area contributed by atoms with E-state index >= 15 is 0 Å². The highest BCUT2D eigenvalue weighted by atomic mass is 16.5. The van der Waals surface area contributed by atoms with Crippen molar-refractivity contribution in [1.29, 1.82) is 0 Å². The maximum Gasteiger partial charge on any atom is 0.254 e. The van der Waals surface area contributed by atoms with Gasteiger partial charge in [0.1, 0.15) is 0 Å². The Labute approximate surface area is 190 Å². The number of nitrogens with zero attached hydrogens (tertiary/aromatic N) is 2. The predicted molar refractivity (Wildman–Crippen MR) is 124 cm³/mol. The number of amides is 2. The quantitative estimate of drug-likeness (QED) is 0.753. The molecule has 4 rings (SSSR count).